The third kappa shape index (κ3) is 4.87. The second-order valence-corrected chi connectivity index (χ2v) is 10.3. The van der Waals surface area contributed by atoms with Crippen molar-refractivity contribution in [2.45, 2.75) is 28.5 Å². The Morgan fingerprint density at radius 1 is 0.700 bits per heavy atom. The van der Waals surface area contributed by atoms with Gasteiger partial charge in [0.2, 0.25) is 9.84 Å². The fourth-order valence-electron chi connectivity index (χ4n) is 2.65. The zero-order valence-corrected chi connectivity index (χ0v) is 17.9. The van der Waals surface area contributed by atoms with Crippen molar-refractivity contribution in [2.75, 3.05) is 5.32 Å². The van der Waals surface area contributed by atoms with Crippen LogP contribution in [0, 0.1) is 13.8 Å². The maximum absolute atomic E-state index is 12.8. The van der Waals surface area contributed by atoms with Gasteiger partial charge in [-0.15, -0.1) is 0 Å². The smallest absolute Gasteiger partial charge is 0.307 e. The van der Waals surface area contributed by atoms with Gasteiger partial charge in [0.15, 0.2) is 0 Å². The summed E-state index contributed by atoms with van der Waals surface area (Å²) in [6.45, 7) is 3.67. The van der Waals surface area contributed by atoms with Crippen molar-refractivity contribution in [3.63, 3.8) is 0 Å². The van der Waals surface area contributed by atoms with Gasteiger partial charge in [-0.3, -0.25) is 0 Å². The molecule has 30 heavy (non-hydrogen) atoms. The monoisotopic (exact) mass is 444 g/mol. The fourth-order valence-corrected chi connectivity index (χ4v) is 4.86. The summed E-state index contributed by atoms with van der Waals surface area (Å²) in [5, 5.41) is 2.36. The highest BCUT2D eigenvalue weighted by Gasteiger charge is 2.20. The maximum Gasteiger partial charge on any atom is 0.333 e. The number of carbonyl (C=O) groups excluding carboxylic acids is 1. The van der Waals surface area contributed by atoms with E-state index < -0.39 is 25.9 Å². The van der Waals surface area contributed by atoms with E-state index in [9.17, 15) is 21.6 Å². The van der Waals surface area contributed by atoms with Crippen LogP contribution in [0.1, 0.15) is 11.1 Å². The second-order valence-electron chi connectivity index (χ2n) is 6.72. The number of rotatable bonds is 5. The average molecular weight is 445 g/mol. The minimum Gasteiger partial charge on any atom is -0.307 e. The van der Waals surface area contributed by atoms with Gasteiger partial charge in [0.25, 0.3) is 10.0 Å². The van der Waals surface area contributed by atoms with Crippen molar-refractivity contribution in [1.82, 2.24) is 4.72 Å². The number of urea groups is 1. The number of carbonyl (C=O) groups is 1. The molecule has 2 amide bonds. The molecule has 0 aliphatic heterocycles. The number of benzene rings is 3. The van der Waals surface area contributed by atoms with Crippen molar-refractivity contribution in [2.24, 2.45) is 0 Å². The van der Waals surface area contributed by atoms with Crippen molar-refractivity contribution >= 4 is 31.6 Å². The molecular formula is C21H20N2O5S2. The molecular weight excluding hydrogens is 424 g/mol. The van der Waals surface area contributed by atoms with Crippen LogP contribution in [0.25, 0.3) is 0 Å². The predicted octanol–water partition coefficient (Wildman–Crippen LogP) is 3.65. The van der Waals surface area contributed by atoms with Crippen LogP contribution in [-0.2, 0) is 19.9 Å². The molecule has 0 saturated heterocycles. The summed E-state index contributed by atoms with van der Waals surface area (Å²) < 4.78 is 52.1. The third-order valence-electron chi connectivity index (χ3n) is 4.29. The van der Waals surface area contributed by atoms with Crippen LogP contribution in [0.3, 0.4) is 0 Å². The number of amides is 2. The first kappa shape index (κ1) is 21.5. The van der Waals surface area contributed by atoms with Crippen molar-refractivity contribution in [3.05, 3.63) is 83.9 Å². The molecule has 0 aliphatic rings. The van der Waals surface area contributed by atoms with Crippen LogP contribution in [0.4, 0.5) is 10.5 Å². The lowest BCUT2D eigenvalue weighted by atomic mass is 10.2. The number of anilines is 1. The molecule has 3 rings (SSSR count). The molecule has 156 valence electrons. The molecule has 0 aliphatic carbocycles. The second kappa shape index (κ2) is 8.29. The molecule has 0 aromatic heterocycles. The van der Waals surface area contributed by atoms with Gasteiger partial charge >= 0.3 is 6.03 Å². The van der Waals surface area contributed by atoms with Crippen molar-refractivity contribution in [1.29, 1.82) is 0 Å². The molecule has 0 bridgehead atoms. The number of hydrogen-bond acceptors (Lipinski definition) is 5. The van der Waals surface area contributed by atoms with E-state index in [1.54, 1.807) is 24.3 Å². The van der Waals surface area contributed by atoms with Gasteiger partial charge in [0.05, 0.1) is 14.7 Å². The Bertz CT molecular complexity index is 1280. The Kier molecular flexibility index (Phi) is 5.95. The lowest BCUT2D eigenvalue weighted by Crippen LogP contribution is -2.34. The Morgan fingerprint density at radius 3 is 1.80 bits per heavy atom. The Labute approximate surface area is 175 Å². The van der Waals surface area contributed by atoms with Crippen LogP contribution < -0.4 is 10.0 Å². The molecule has 0 atom stereocenters. The highest BCUT2D eigenvalue weighted by atomic mass is 32.2. The quantitative estimate of drug-likeness (QED) is 0.624. The Morgan fingerprint density at radius 2 is 1.23 bits per heavy atom. The third-order valence-corrected chi connectivity index (χ3v) is 7.41. The zero-order valence-electron chi connectivity index (χ0n) is 16.3. The number of hydrogen-bond donors (Lipinski definition) is 2. The van der Waals surface area contributed by atoms with Gasteiger partial charge < -0.3 is 5.32 Å². The summed E-state index contributed by atoms with van der Waals surface area (Å²) in [4.78, 5) is 12.2. The van der Waals surface area contributed by atoms with E-state index >= 15 is 0 Å². The Balaban J connectivity index is 1.78. The van der Waals surface area contributed by atoms with Gasteiger partial charge in [0.1, 0.15) is 0 Å². The van der Waals surface area contributed by atoms with Crippen molar-refractivity contribution < 1.29 is 21.6 Å². The van der Waals surface area contributed by atoms with E-state index in [1.807, 2.05) is 18.6 Å². The molecule has 0 fully saturated rings. The molecule has 2 N–H and O–H groups in total. The van der Waals surface area contributed by atoms with E-state index in [0.717, 1.165) is 11.1 Å². The predicted molar refractivity (Wildman–Crippen MR) is 114 cm³/mol. The summed E-state index contributed by atoms with van der Waals surface area (Å²) >= 11 is 0. The number of sulfonamides is 1. The van der Waals surface area contributed by atoms with Gasteiger partial charge in [-0.25, -0.2) is 26.4 Å². The maximum atomic E-state index is 12.8. The molecule has 0 radical (unpaired) electrons. The molecule has 3 aromatic carbocycles. The first-order valence-electron chi connectivity index (χ1n) is 8.90. The lowest BCUT2D eigenvalue weighted by Gasteiger charge is -2.10. The first-order valence-corrected chi connectivity index (χ1v) is 11.9. The van der Waals surface area contributed by atoms with Gasteiger partial charge in [-0.1, -0.05) is 41.5 Å². The van der Waals surface area contributed by atoms with Gasteiger partial charge in [-0.2, -0.15) is 0 Å². The molecule has 0 heterocycles. The summed E-state index contributed by atoms with van der Waals surface area (Å²) in [7, 11) is -7.85. The highest BCUT2D eigenvalue weighted by molar-refractivity contribution is 7.91. The van der Waals surface area contributed by atoms with Gasteiger partial charge in [0, 0.05) is 5.69 Å². The highest BCUT2D eigenvalue weighted by Crippen LogP contribution is 2.23. The Hall–Kier alpha value is -3.17. The molecule has 7 nitrogen and oxygen atoms in total. The first-order chi connectivity index (χ1) is 14.1. The summed E-state index contributed by atoms with van der Waals surface area (Å²) in [5.74, 6) is 0. The van der Waals surface area contributed by atoms with Crippen molar-refractivity contribution in [3.8, 4) is 0 Å². The van der Waals surface area contributed by atoms with Crippen LogP contribution >= 0.6 is 0 Å². The van der Waals surface area contributed by atoms with E-state index in [0.29, 0.717) is 0 Å². The average Bonchev–Trinajstić information content (AvgIpc) is 2.68. The van der Waals surface area contributed by atoms with Crippen LogP contribution in [0.5, 0.6) is 0 Å². The van der Waals surface area contributed by atoms with E-state index in [4.69, 9.17) is 0 Å². The summed E-state index contributed by atoms with van der Waals surface area (Å²) in [6, 6.07) is 17.0. The molecule has 3 aromatic rings. The fraction of sp³-hybridized carbons (Fsp3) is 0.0952. The van der Waals surface area contributed by atoms with Crippen LogP contribution in [0.15, 0.2) is 87.5 Å². The van der Waals surface area contributed by atoms with E-state index in [-0.39, 0.29) is 20.4 Å². The summed E-state index contributed by atoms with van der Waals surface area (Å²) in [6.07, 6.45) is 0. The topological polar surface area (TPSA) is 109 Å². The van der Waals surface area contributed by atoms with Crippen LogP contribution in [0.2, 0.25) is 0 Å². The standard InChI is InChI=1S/C21H20N2O5S2/c1-15-6-10-18(11-7-15)29(25,26)20-5-3-4-17(14-20)22-21(24)23-30(27,28)19-12-8-16(2)9-13-19/h3-14H,1-2H3,(H2,22,23,24). The number of sulfone groups is 1. The minimum absolute atomic E-state index is 0.0226. The normalized spacial score (nSPS) is 11.7. The van der Waals surface area contributed by atoms with E-state index in [2.05, 4.69) is 5.32 Å². The largest absolute Gasteiger partial charge is 0.333 e. The molecule has 0 saturated carbocycles. The molecule has 0 unspecified atom stereocenters. The summed E-state index contributed by atoms with van der Waals surface area (Å²) in [5.41, 5.74) is 1.95. The zero-order chi connectivity index (χ0) is 21.9. The van der Waals surface area contributed by atoms with E-state index in [1.165, 1.54) is 48.5 Å². The lowest BCUT2D eigenvalue weighted by molar-refractivity contribution is 0.256. The molecule has 0 spiro atoms. The molecule has 9 heteroatoms. The number of nitrogens with one attached hydrogen (secondary N) is 2. The number of aryl methyl sites for hydroxylation is 2. The SMILES string of the molecule is Cc1ccc(S(=O)(=O)NC(=O)Nc2cccc(S(=O)(=O)c3ccc(C)cc3)c2)cc1. The minimum atomic E-state index is -4.06. The van der Waals surface area contributed by atoms with Crippen LogP contribution in [-0.4, -0.2) is 22.9 Å². The van der Waals surface area contributed by atoms with Gasteiger partial charge in [-0.05, 0) is 56.3 Å².